The number of hydrogen-bond donors (Lipinski definition) is 1. The van der Waals surface area contributed by atoms with E-state index in [1.54, 1.807) is 11.3 Å². The molecule has 2 aromatic heterocycles. The van der Waals surface area contributed by atoms with Crippen LogP contribution in [0.15, 0.2) is 18.2 Å². The number of nitrogens with one attached hydrogen (secondary N) is 1. The van der Waals surface area contributed by atoms with Crippen molar-refractivity contribution in [1.29, 1.82) is 0 Å². The number of halogens is 1. The molecule has 0 bridgehead atoms. The van der Waals surface area contributed by atoms with Gasteiger partial charge in [0.2, 0.25) is 0 Å². The van der Waals surface area contributed by atoms with Gasteiger partial charge in [0.25, 0.3) is 0 Å². The van der Waals surface area contributed by atoms with E-state index < -0.39 is 0 Å². The summed E-state index contributed by atoms with van der Waals surface area (Å²) in [6.07, 6.45) is 0. The maximum Gasteiger partial charge on any atom is 0.147 e. The van der Waals surface area contributed by atoms with Crippen molar-refractivity contribution in [2.75, 3.05) is 0 Å². The molecule has 16 heavy (non-hydrogen) atoms. The molecule has 2 heterocycles. The highest BCUT2D eigenvalue weighted by Crippen LogP contribution is 2.36. The van der Waals surface area contributed by atoms with Crippen LogP contribution in [0.1, 0.15) is 5.82 Å². The van der Waals surface area contributed by atoms with Crippen molar-refractivity contribution in [3.05, 3.63) is 33.7 Å². The summed E-state index contributed by atoms with van der Waals surface area (Å²) in [5.41, 5.74) is 1.00. The van der Waals surface area contributed by atoms with Gasteiger partial charge in [-0.25, -0.2) is 4.98 Å². The van der Waals surface area contributed by atoms with Crippen LogP contribution in [0.25, 0.3) is 20.3 Å². The predicted molar refractivity (Wildman–Crippen MR) is 72.1 cm³/mol. The fraction of sp³-hybridized carbons (Fsp3) is 0.0909. The standard InChI is InChI=1S/C11H7ClN2S2/c1-5-13-9-8-6(12)3-2-4-7(8)16-10(9)11(15)14-5/h2-4H,1H3,(H,13,14,15). The molecule has 0 fully saturated rings. The highest BCUT2D eigenvalue weighted by Gasteiger charge is 2.10. The van der Waals surface area contributed by atoms with Crippen LogP contribution in [0.3, 0.4) is 0 Å². The molecule has 0 saturated heterocycles. The molecule has 2 nitrogen and oxygen atoms in total. The average Bonchev–Trinajstić information content (AvgIpc) is 2.58. The van der Waals surface area contributed by atoms with Crippen molar-refractivity contribution in [3.63, 3.8) is 0 Å². The summed E-state index contributed by atoms with van der Waals surface area (Å²) in [6.45, 7) is 1.90. The molecule has 5 heteroatoms. The van der Waals surface area contributed by atoms with Crippen LogP contribution in [-0.4, -0.2) is 9.97 Å². The number of aromatic amines is 1. The number of aryl methyl sites for hydroxylation is 1. The summed E-state index contributed by atoms with van der Waals surface area (Å²) >= 11 is 13.1. The third-order valence-electron chi connectivity index (χ3n) is 2.43. The van der Waals surface area contributed by atoms with Crippen molar-refractivity contribution in [2.24, 2.45) is 0 Å². The van der Waals surface area contributed by atoms with Gasteiger partial charge in [-0.15, -0.1) is 11.3 Å². The lowest BCUT2D eigenvalue weighted by molar-refractivity contribution is 1.09. The fourth-order valence-electron chi connectivity index (χ4n) is 1.79. The van der Waals surface area contributed by atoms with Crippen LogP contribution in [0, 0.1) is 11.6 Å². The summed E-state index contributed by atoms with van der Waals surface area (Å²) < 4.78 is 2.78. The molecule has 3 rings (SSSR count). The minimum absolute atomic E-state index is 0.642. The molecule has 0 unspecified atom stereocenters. The first kappa shape index (κ1) is 10.2. The van der Waals surface area contributed by atoms with Gasteiger partial charge in [-0.1, -0.05) is 29.9 Å². The highest BCUT2D eigenvalue weighted by molar-refractivity contribution is 7.71. The highest BCUT2D eigenvalue weighted by atomic mass is 35.5. The second kappa shape index (κ2) is 3.52. The molecule has 0 saturated carbocycles. The van der Waals surface area contributed by atoms with E-state index in [1.165, 1.54) is 0 Å². The molecular weight excluding hydrogens is 260 g/mol. The number of rotatable bonds is 0. The van der Waals surface area contributed by atoms with E-state index in [9.17, 15) is 0 Å². The zero-order chi connectivity index (χ0) is 11.3. The first-order valence-corrected chi connectivity index (χ1v) is 6.35. The molecule has 0 aliphatic rings. The number of aromatic nitrogens is 2. The van der Waals surface area contributed by atoms with Crippen LogP contribution < -0.4 is 0 Å². The van der Waals surface area contributed by atoms with Gasteiger partial charge in [0, 0.05) is 10.1 Å². The number of benzene rings is 1. The second-order valence-electron chi connectivity index (χ2n) is 3.55. The number of thiophene rings is 1. The van der Waals surface area contributed by atoms with Crippen molar-refractivity contribution >= 4 is 55.5 Å². The molecule has 0 aliphatic carbocycles. The van der Waals surface area contributed by atoms with Gasteiger partial charge >= 0.3 is 0 Å². The maximum atomic E-state index is 6.21. The predicted octanol–water partition coefficient (Wildman–Crippen LogP) is 4.47. The van der Waals surface area contributed by atoms with Crippen LogP contribution >= 0.6 is 35.2 Å². The summed E-state index contributed by atoms with van der Waals surface area (Å²) in [7, 11) is 0. The Kier molecular flexibility index (Phi) is 2.24. The lowest BCUT2D eigenvalue weighted by Gasteiger charge is -1.97. The maximum absolute atomic E-state index is 6.21. The van der Waals surface area contributed by atoms with E-state index in [-0.39, 0.29) is 0 Å². The lowest BCUT2D eigenvalue weighted by Crippen LogP contribution is -1.87. The van der Waals surface area contributed by atoms with Gasteiger partial charge in [-0.2, -0.15) is 0 Å². The number of fused-ring (bicyclic) bond motifs is 3. The second-order valence-corrected chi connectivity index (χ2v) is 5.39. The summed E-state index contributed by atoms with van der Waals surface area (Å²) in [5, 5.41) is 1.79. The molecule has 0 radical (unpaired) electrons. The van der Waals surface area contributed by atoms with E-state index in [4.69, 9.17) is 23.8 Å². The van der Waals surface area contributed by atoms with E-state index in [2.05, 4.69) is 9.97 Å². The fourth-order valence-corrected chi connectivity index (χ4v) is 3.55. The van der Waals surface area contributed by atoms with E-state index in [0.29, 0.717) is 4.64 Å². The van der Waals surface area contributed by atoms with E-state index in [0.717, 1.165) is 31.1 Å². The van der Waals surface area contributed by atoms with Gasteiger partial charge in [0.15, 0.2) is 0 Å². The molecule has 0 spiro atoms. The molecule has 0 aliphatic heterocycles. The largest absolute Gasteiger partial charge is 0.342 e. The smallest absolute Gasteiger partial charge is 0.147 e. The number of nitrogens with zero attached hydrogens (tertiary/aromatic N) is 1. The minimum Gasteiger partial charge on any atom is -0.342 e. The van der Waals surface area contributed by atoms with Crippen LogP contribution in [0.5, 0.6) is 0 Å². The first-order chi connectivity index (χ1) is 7.66. The third kappa shape index (κ3) is 1.38. The number of hydrogen-bond acceptors (Lipinski definition) is 3. The van der Waals surface area contributed by atoms with Crippen molar-refractivity contribution in [1.82, 2.24) is 9.97 Å². The van der Waals surface area contributed by atoms with Gasteiger partial charge in [-0.05, 0) is 19.1 Å². The molecule has 80 valence electrons. The van der Waals surface area contributed by atoms with Gasteiger partial charge in [0.05, 0.1) is 15.2 Å². The van der Waals surface area contributed by atoms with Crippen molar-refractivity contribution < 1.29 is 0 Å². The van der Waals surface area contributed by atoms with Crippen LogP contribution in [0.4, 0.5) is 0 Å². The lowest BCUT2D eigenvalue weighted by atomic mass is 10.2. The molecule has 3 aromatic rings. The topological polar surface area (TPSA) is 28.7 Å². The quantitative estimate of drug-likeness (QED) is 0.608. The monoisotopic (exact) mass is 266 g/mol. The molecule has 0 atom stereocenters. The SMILES string of the molecule is Cc1nc(=S)c2sc3cccc(Cl)c3c2[nH]1. The normalized spacial score (nSPS) is 11.4. The Bertz CT molecular complexity index is 758. The van der Waals surface area contributed by atoms with E-state index in [1.807, 2.05) is 25.1 Å². The van der Waals surface area contributed by atoms with E-state index >= 15 is 0 Å². The molecule has 0 amide bonds. The summed E-state index contributed by atoms with van der Waals surface area (Å²) in [4.78, 5) is 7.50. The Morgan fingerprint density at radius 3 is 3.06 bits per heavy atom. The van der Waals surface area contributed by atoms with Crippen LogP contribution in [-0.2, 0) is 0 Å². The van der Waals surface area contributed by atoms with Gasteiger partial charge in [-0.3, -0.25) is 0 Å². The Labute approximate surface area is 106 Å². The molecule has 1 aromatic carbocycles. The summed E-state index contributed by atoms with van der Waals surface area (Å²) in [5.74, 6) is 0.817. The van der Waals surface area contributed by atoms with Crippen molar-refractivity contribution in [3.8, 4) is 0 Å². The Hall–Kier alpha value is -0.970. The molecule has 1 N–H and O–H groups in total. The minimum atomic E-state index is 0.642. The van der Waals surface area contributed by atoms with Gasteiger partial charge < -0.3 is 4.98 Å². The van der Waals surface area contributed by atoms with Crippen molar-refractivity contribution in [2.45, 2.75) is 6.92 Å². The van der Waals surface area contributed by atoms with Gasteiger partial charge in [0.1, 0.15) is 10.5 Å². The zero-order valence-electron chi connectivity index (χ0n) is 8.37. The Morgan fingerprint density at radius 1 is 1.44 bits per heavy atom. The summed E-state index contributed by atoms with van der Waals surface area (Å²) in [6, 6.07) is 5.88. The molecular formula is C11H7ClN2S2. The zero-order valence-corrected chi connectivity index (χ0v) is 10.8. The van der Waals surface area contributed by atoms with Crippen LogP contribution in [0.2, 0.25) is 5.02 Å². The first-order valence-electron chi connectivity index (χ1n) is 4.74. The average molecular weight is 267 g/mol. The number of H-pyrrole nitrogens is 1. The Balaban J connectivity index is 2.69. The Morgan fingerprint density at radius 2 is 2.25 bits per heavy atom. The third-order valence-corrected chi connectivity index (χ3v) is 4.34.